The normalized spacial score (nSPS) is 15.1. The third kappa shape index (κ3) is 4.91. The van der Waals surface area contributed by atoms with E-state index in [1.807, 2.05) is 24.3 Å². The number of hydrogen-bond donors (Lipinski definition) is 1. The van der Waals surface area contributed by atoms with Gasteiger partial charge in [0.15, 0.2) is 0 Å². The third-order valence-corrected chi connectivity index (χ3v) is 6.15. The highest BCUT2D eigenvalue weighted by molar-refractivity contribution is 7.89. The van der Waals surface area contributed by atoms with Gasteiger partial charge in [-0.05, 0) is 50.0 Å². The number of benzene rings is 2. The summed E-state index contributed by atoms with van der Waals surface area (Å²) in [5, 5.41) is 11.0. The van der Waals surface area contributed by atoms with Crippen molar-refractivity contribution in [2.24, 2.45) is 0 Å². The number of nitro benzene ring substituents is 1. The highest BCUT2D eigenvalue weighted by Gasteiger charge is 2.19. The van der Waals surface area contributed by atoms with Gasteiger partial charge in [-0.25, -0.2) is 13.1 Å². The molecular formula is C19H23N3O4S. The number of likely N-dealkylation sites (tertiary alicyclic amines) is 1. The molecular weight excluding hydrogens is 366 g/mol. The van der Waals surface area contributed by atoms with Crippen LogP contribution in [0.15, 0.2) is 47.4 Å². The molecule has 0 aromatic heterocycles. The SMILES string of the molecule is Cc1ccc(S(=O)(=O)NCc2cccc(CN3CCCC3)c2)cc1[N+](=O)[O-]. The van der Waals surface area contributed by atoms with E-state index in [4.69, 9.17) is 0 Å². The molecule has 1 aliphatic heterocycles. The number of nitro groups is 1. The molecule has 1 aliphatic rings. The molecule has 7 nitrogen and oxygen atoms in total. The third-order valence-electron chi connectivity index (χ3n) is 4.75. The summed E-state index contributed by atoms with van der Waals surface area (Å²) in [6, 6.07) is 11.8. The quantitative estimate of drug-likeness (QED) is 0.580. The average molecular weight is 389 g/mol. The van der Waals surface area contributed by atoms with Crippen LogP contribution < -0.4 is 4.72 Å². The van der Waals surface area contributed by atoms with Gasteiger partial charge < -0.3 is 0 Å². The van der Waals surface area contributed by atoms with Gasteiger partial charge in [0, 0.05) is 24.7 Å². The van der Waals surface area contributed by atoms with Crippen LogP contribution >= 0.6 is 0 Å². The van der Waals surface area contributed by atoms with Gasteiger partial charge in [-0.2, -0.15) is 0 Å². The molecule has 3 rings (SSSR count). The number of nitrogens with one attached hydrogen (secondary N) is 1. The fraction of sp³-hybridized carbons (Fsp3) is 0.368. The molecule has 0 unspecified atom stereocenters. The molecule has 0 radical (unpaired) electrons. The predicted octanol–water partition coefficient (Wildman–Crippen LogP) is 2.98. The summed E-state index contributed by atoms with van der Waals surface area (Å²) in [5.74, 6) is 0. The van der Waals surface area contributed by atoms with Crippen LogP contribution in [-0.2, 0) is 23.1 Å². The van der Waals surface area contributed by atoms with E-state index in [-0.39, 0.29) is 17.1 Å². The Balaban J connectivity index is 1.70. The summed E-state index contributed by atoms with van der Waals surface area (Å²) in [5.41, 5.74) is 2.23. The predicted molar refractivity (Wildman–Crippen MR) is 103 cm³/mol. The van der Waals surface area contributed by atoms with Crippen molar-refractivity contribution in [3.8, 4) is 0 Å². The van der Waals surface area contributed by atoms with E-state index in [0.717, 1.165) is 36.8 Å². The first-order valence-corrected chi connectivity index (χ1v) is 10.4. The number of rotatable bonds is 7. The molecule has 1 fully saturated rings. The zero-order valence-corrected chi connectivity index (χ0v) is 16.0. The van der Waals surface area contributed by atoms with Crippen LogP contribution in [0.2, 0.25) is 0 Å². The van der Waals surface area contributed by atoms with E-state index in [0.29, 0.717) is 5.56 Å². The standard InChI is InChI=1S/C19H23N3O4S/c1-15-7-8-18(12-19(15)22(23)24)27(25,26)20-13-16-5-4-6-17(11-16)14-21-9-2-3-10-21/h4-8,11-12,20H,2-3,9-10,13-14H2,1H3. The summed E-state index contributed by atoms with van der Waals surface area (Å²) >= 11 is 0. The Kier molecular flexibility index (Phi) is 5.88. The lowest BCUT2D eigenvalue weighted by Crippen LogP contribution is -2.23. The number of hydrogen-bond acceptors (Lipinski definition) is 5. The first-order chi connectivity index (χ1) is 12.8. The van der Waals surface area contributed by atoms with Crippen LogP contribution in [0.25, 0.3) is 0 Å². The summed E-state index contributed by atoms with van der Waals surface area (Å²) in [6.45, 7) is 4.78. The number of nitrogens with zero attached hydrogens (tertiary/aromatic N) is 2. The lowest BCUT2D eigenvalue weighted by atomic mass is 10.1. The molecule has 27 heavy (non-hydrogen) atoms. The minimum absolute atomic E-state index is 0.104. The van der Waals surface area contributed by atoms with E-state index < -0.39 is 14.9 Å². The van der Waals surface area contributed by atoms with Gasteiger partial charge in [0.2, 0.25) is 10.0 Å². The average Bonchev–Trinajstić information content (AvgIpc) is 3.13. The Morgan fingerprint density at radius 3 is 2.52 bits per heavy atom. The highest BCUT2D eigenvalue weighted by atomic mass is 32.2. The van der Waals surface area contributed by atoms with E-state index in [1.165, 1.54) is 25.0 Å². The Bertz CT molecular complexity index is 938. The van der Waals surface area contributed by atoms with E-state index in [1.54, 1.807) is 6.92 Å². The topological polar surface area (TPSA) is 92.6 Å². The maximum Gasteiger partial charge on any atom is 0.273 e. The van der Waals surface area contributed by atoms with Crippen molar-refractivity contribution in [3.63, 3.8) is 0 Å². The summed E-state index contributed by atoms with van der Waals surface area (Å²) in [7, 11) is -3.83. The lowest BCUT2D eigenvalue weighted by molar-refractivity contribution is -0.385. The Morgan fingerprint density at radius 1 is 1.11 bits per heavy atom. The first kappa shape index (κ1) is 19.5. The molecule has 0 spiro atoms. The molecule has 1 N–H and O–H groups in total. The van der Waals surface area contributed by atoms with Gasteiger partial charge in [0.25, 0.3) is 5.69 Å². The molecule has 1 heterocycles. The summed E-state index contributed by atoms with van der Waals surface area (Å²) in [6.07, 6.45) is 2.45. The van der Waals surface area contributed by atoms with E-state index in [9.17, 15) is 18.5 Å². The lowest BCUT2D eigenvalue weighted by Gasteiger charge is -2.15. The van der Waals surface area contributed by atoms with Crippen LogP contribution in [0, 0.1) is 17.0 Å². The second kappa shape index (κ2) is 8.16. The van der Waals surface area contributed by atoms with Gasteiger partial charge in [0.1, 0.15) is 0 Å². The van der Waals surface area contributed by atoms with Crippen molar-refractivity contribution in [3.05, 3.63) is 69.3 Å². The number of aryl methyl sites for hydroxylation is 1. The van der Waals surface area contributed by atoms with Gasteiger partial charge in [-0.15, -0.1) is 0 Å². The van der Waals surface area contributed by atoms with Crippen molar-refractivity contribution >= 4 is 15.7 Å². The minimum Gasteiger partial charge on any atom is -0.299 e. The summed E-state index contributed by atoms with van der Waals surface area (Å²) in [4.78, 5) is 12.8. The molecule has 0 bridgehead atoms. The molecule has 144 valence electrons. The molecule has 0 atom stereocenters. The fourth-order valence-electron chi connectivity index (χ4n) is 3.25. The molecule has 0 aliphatic carbocycles. The second-order valence-corrected chi connectivity index (χ2v) is 8.60. The van der Waals surface area contributed by atoms with E-state index in [2.05, 4.69) is 9.62 Å². The second-order valence-electron chi connectivity index (χ2n) is 6.83. The molecule has 8 heteroatoms. The zero-order chi connectivity index (χ0) is 19.4. The highest BCUT2D eigenvalue weighted by Crippen LogP contribution is 2.22. The van der Waals surface area contributed by atoms with Gasteiger partial charge in [0.05, 0.1) is 9.82 Å². The smallest absolute Gasteiger partial charge is 0.273 e. The molecule has 0 amide bonds. The van der Waals surface area contributed by atoms with Gasteiger partial charge in [-0.3, -0.25) is 15.0 Å². The maximum absolute atomic E-state index is 12.5. The fourth-order valence-corrected chi connectivity index (χ4v) is 4.29. The van der Waals surface area contributed by atoms with Crippen LogP contribution in [0.1, 0.15) is 29.5 Å². The van der Waals surface area contributed by atoms with Gasteiger partial charge >= 0.3 is 0 Å². The zero-order valence-electron chi connectivity index (χ0n) is 15.2. The molecule has 1 saturated heterocycles. The first-order valence-electron chi connectivity index (χ1n) is 8.90. The monoisotopic (exact) mass is 389 g/mol. The van der Waals surface area contributed by atoms with Crippen molar-refractivity contribution < 1.29 is 13.3 Å². The molecule has 2 aromatic rings. The van der Waals surface area contributed by atoms with Crippen molar-refractivity contribution in [1.82, 2.24) is 9.62 Å². The van der Waals surface area contributed by atoms with Crippen molar-refractivity contribution in [2.45, 2.75) is 37.8 Å². The largest absolute Gasteiger partial charge is 0.299 e. The van der Waals surface area contributed by atoms with E-state index >= 15 is 0 Å². The van der Waals surface area contributed by atoms with Gasteiger partial charge in [-0.1, -0.05) is 30.3 Å². The maximum atomic E-state index is 12.5. The van der Waals surface area contributed by atoms with Crippen LogP contribution in [0.3, 0.4) is 0 Å². The Morgan fingerprint density at radius 2 is 1.81 bits per heavy atom. The number of sulfonamides is 1. The van der Waals surface area contributed by atoms with Crippen LogP contribution in [-0.4, -0.2) is 31.3 Å². The minimum atomic E-state index is -3.83. The Labute approximate surface area is 159 Å². The summed E-state index contributed by atoms with van der Waals surface area (Å²) < 4.78 is 27.6. The van der Waals surface area contributed by atoms with Crippen molar-refractivity contribution in [1.29, 1.82) is 0 Å². The molecule has 0 saturated carbocycles. The molecule has 2 aromatic carbocycles. The van der Waals surface area contributed by atoms with Crippen LogP contribution in [0.4, 0.5) is 5.69 Å². The van der Waals surface area contributed by atoms with Crippen molar-refractivity contribution in [2.75, 3.05) is 13.1 Å². The Hall–Kier alpha value is -2.29. The van der Waals surface area contributed by atoms with Crippen LogP contribution in [0.5, 0.6) is 0 Å².